The molecule has 1 saturated heterocycles. The lowest BCUT2D eigenvalue weighted by molar-refractivity contribution is 0.122. The predicted molar refractivity (Wildman–Crippen MR) is 119 cm³/mol. The Morgan fingerprint density at radius 3 is 2.76 bits per heavy atom. The predicted octanol–water partition coefficient (Wildman–Crippen LogP) is 4.23. The number of morpholine rings is 1. The van der Waals surface area contributed by atoms with E-state index in [2.05, 4.69) is 17.5 Å². The zero-order valence-corrected chi connectivity index (χ0v) is 17.0. The summed E-state index contributed by atoms with van der Waals surface area (Å²) in [6.45, 7) is 6.93. The molecule has 0 unspecified atom stereocenters. The second-order valence-corrected chi connectivity index (χ2v) is 7.75. The number of nitrogens with two attached hydrogens (primary N) is 1. The molecule has 1 aliphatic rings. The van der Waals surface area contributed by atoms with Crippen LogP contribution in [0.4, 0.5) is 11.5 Å². The highest BCUT2D eigenvalue weighted by Gasteiger charge is 2.16. The SMILES string of the molecule is C=Cc1cc(-c2nc(CSCc3ccco3)cc(N3CCOCC3)n2)ccc1N. The van der Waals surface area contributed by atoms with Crippen molar-refractivity contribution in [2.75, 3.05) is 36.9 Å². The number of aromatic nitrogens is 2. The molecule has 0 atom stereocenters. The maximum atomic E-state index is 6.02. The molecule has 2 aromatic heterocycles. The minimum absolute atomic E-state index is 0.697. The molecule has 0 radical (unpaired) electrons. The van der Waals surface area contributed by atoms with Crippen LogP contribution in [0.1, 0.15) is 17.0 Å². The quantitative estimate of drug-likeness (QED) is 0.586. The van der Waals surface area contributed by atoms with E-state index in [0.717, 1.165) is 53.0 Å². The van der Waals surface area contributed by atoms with Gasteiger partial charge in [0.2, 0.25) is 0 Å². The van der Waals surface area contributed by atoms with Crippen LogP contribution in [0, 0.1) is 0 Å². The average molecular weight is 409 g/mol. The zero-order chi connectivity index (χ0) is 20.1. The van der Waals surface area contributed by atoms with Gasteiger partial charge in [-0.3, -0.25) is 0 Å². The zero-order valence-electron chi connectivity index (χ0n) is 16.2. The number of hydrogen-bond donors (Lipinski definition) is 1. The first-order valence-electron chi connectivity index (χ1n) is 9.56. The van der Waals surface area contributed by atoms with Gasteiger partial charge in [-0.1, -0.05) is 12.7 Å². The van der Waals surface area contributed by atoms with Crippen LogP contribution in [0.2, 0.25) is 0 Å². The van der Waals surface area contributed by atoms with Gasteiger partial charge in [0.25, 0.3) is 0 Å². The van der Waals surface area contributed by atoms with Gasteiger partial charge in [-0.2, -0.15) is 0 Å². The third kappa shape index (κ3) is 4.81. The summed E-state index contributed by atoms with van der Waals surface area (Å²) < 4.78 is 10.9. The van der Waals surface area contributed by atoms with Crippen molar-refractivity contribution in [1.29, 1.82) is 0 Å². The molecule has 4 rings (SSSR count). The maximum Gasteiger partial charge on any atom is 0.161 e. The molecular weight excluding hydrogens is 384 g/mol. The van der Waals surface area contributed by atoms with Gasteiger partial charge in [-0.25, -0.2) is 9.97 Å². The van der Waals surface area contributed by atoms with Gasteiger partial charge in [0, 0.05) is 36.2 Å². The van der Waals surface area contributed by atoms with Crippen molar-refractivity contribution in [1.82, 2.24) is 9.97 Å². The van der Waals surface area contributed by atoms with Crippen LogP contribution >= 0.6 is 11.8 Å². The Bertz CT molecular complexity index is 969. The summed E-state index contributed by atoms with van der Waals surface area (Å²) in [7, 11) is 0. The van der Waals surface area contributed by atoms with Gasteiger partial charge in [-0.15, -0.1) is 11.8 Å². The second-order valence-electron chi connectivity index (χ2n) is 6.76. The van der Waals surface area contributed by atoms with Crippen molar-refractivity contribution in [3.05, 3.63) is 66.3 Å². The van der Waals surface area contributed by atoms with Crippen molar-refractivity contribution < 1.29 is 9.15 Å². The monoisotopic (exact) mass is 408 g/mol. The minimum atomic E-state index is 0.697. The first kappa shape index (κ1) is 19.5. The van der Waals surface area contributed by atoms with Crippen molar-refractivity contribution in [2.24, 2.45) is 0 Å². The van der Waals surface area contributed by atoms with Gasteiger partial charge < -0.3 is 19.8 Å². The Morgan fingerprint density at radius 2 is 2.00 bits per heavy atom. The smallest absolute Gasteiger partial charge is 0.161 e. The molecule has 1 aliphatic heterocycles. The highest BCUT2D eigenvalue weighted by atomic mass is 32.2. The third-order valence-corrected chi connectivity index (χ3v) is 5.73. The van der Waals surface area contributed by atoms with Gasteiger partial charge in [-0.05, 0) is 35.9 Å². The molecular formula is C22H24N4O2S. The highest BCUT2D eigenvalue weighted by molar-refractivity contribution is 7.97. The van der Waals surface area contributed by atoms with Crippen LogP contribution < -0.4 is 10.6 Å². The van der Waals surface area contributed by atoms with E-state index < -0.39 is 0 Å². The summed E-state index contributed by atoms with van der Waals surface area (Å²) in [4.78, 5) is 11.9. The number of anilines is 2. The molecule has 1 fully saturated rings. The second kappa shape index (κ2) is 9.15. The standard InChI is InChI=1S/C22H24N4O2S/c1-2-16-12-17(5-6-20(16)23)22-24-18(14-29-15-19-4-3-9-28-19)13-21(25-22)26-7-10-27-11-8-26/h2-6,9,12-13H,1,7-8,10-11,14-15,23H2. The lowest BCUT2D eigenvalue weighted by atomic mass is 10.1. The summed E-state index contributed by atoms with van der Waals surface area (Å²) in [6.07, 6.45) is 3.46. The third-order valence-electron chi connectivity index (χ3n) is 4.74. The Labute approximate surface area is 174 Å². The number of benzene rings is 1. The average Bonchev–Trinajstić information content (AvgIpc) is 3.28. The van der Waals surface area contributed by atoms with E-state index in [4.69, 9.17) is 24.9 Å². The number of furan rings is 1. The molecule has 0 amide bonds. The summed E-state index contributed by atoms with van der Waals surface area (Å²) >= 11 is 1.77. The first-order chi connectivity index (χ1) is 14.2. The van der Waals surface area contributed by atoms with Crippen molar-refractivity contribution in [3.63, 3.8) is 0 Å². The molecule has 3 heterocycles. The highest BCUT2D eigenvalue weighted by Crippen LogP contribution is 2.27. The Balaban J connectivity index is 1.62. The Morgan fingerprint density at radius 1 is 1.14 bits per heavy atom. The number of nitrogens with zero attached hydrogens (tertiary/aromatic N) is 3. The van der Waals surface area contributed by atoms with Crippen LogP contribution in [0.25, 0.3) is 17.5 Å². The number of thioether (sulfide) groups is 1. The molecule has 7 heteroatoms. The topological polar surface area (TPSA) is 77.4 Å². The lowest BCUT2D eigenvalue weighted by Gasteiger charge is -2.28. The van der Waals surface area contributed by atoms with E-state index in [1.54, 1.807) is 24.1 Å². The molecule has 150 valence electrons. The van der Waals surface area contributed by atoms with Gasteiger partial charge in [0.15, 0.2) is 5.82 Å². The van der Waals surface area contributed by atoms with Crippen LogP contribution in [-0.4, -0.2) is 36.3 Å². The molecule has 29 heavy (non-hydrogen) atoms. The van der Waals surface area contributed by atoms with Crippen molar-refractivity contribution in [3.8, 4) is 11.4 Å². The fourth-order valence-electron chi connectivity index (χ4n) is 3.18. The molecule has 6 nitrogen and oxygen atoms in total. The van der Waals surface area contributed by atoms with Crippen LogP contribution in [0.5, 0.6) is 0 Å². The largest absolute Gasteiger partial charge is 0.468 e. The molecule has 2 N–H and O–H groups in total. The maximum absolute atomic E-state index is 6.02. The van der Waals surface area contributed by atoms with E-state index in [-0.39, 0.29) is 0 Å². The van der Waals surface area contributed by atoms with E-state index in [1.807, 2.05) is 30.3 Å². The Kier molecular flexibility index (Phi) is 6.17. The van der Waals surface area contributed by atoms with E-state index in [0.29, 0.717) is 24.7 Å². The summed E-state index contributed by atoms with van der Waals surface area (Å²) in [5.74, 6) is 4.18. The number of nitrogen functional groups attached to an aromatic ring is 1. The van der Waals surface area contributed by atoms with E-state index >= 15 is 0 Å². The molecule has 1 aromatic carbocycles. The van der Waals surface area contributed by atoms with Crippen LogP contribution in [0.3, 0.4) is 0 Å². The van der Waals surface area contributed by atoms with Crippen molar-refractivity contribution in [2.45, 2.75) is 11.5 Å². The molecule has 0 aliphatic carbocycles. The Hall–Kier alpha value is -2.77. The number of hydrogen-bond acceptors (Lipinski definition) is 7. The summed E-state index contributed by atoms with van der Waals surface area (Å²) in [5, 5.41) is 0. The lowest BCUT2D eigenvalue weighted by Crippen LogP contribution is -2.37. The molecule has 0 saturated carbocycles. The first-order valence-corrected chi connectivity index (χ1v) is 10.7. The fourth-order valence-corrected chi connectivity index (χ4v) is 4.01. The minimum Gasteiger partial charge on any atom is -0.468 e. The summed E-state index contributed by atoms with van der Waals surface area (Å²) in [5.41, 5.74) is 9.53. The van der Waals surface area contributed by atoms with Crippen LogP contribution in [-0.2, 0) is 16.2 Å². The fraction of sp³-hybridized carbons (Fsp3) is 0.273. The van der Waals surface area contributed by atoms with Crippen molar-refractivity contribution >= 4 is 29.3 Å². The van der Waals surface area contributed by atoms with Gasteiger partial charge in [0.1, 0.15) is 11.6 Å². The molecule has 0 bridgehead atoms. The van der Waals surface area contributed by atoms with Gasteiger partial charge in [0.05, 0.1) is 30.9 Å². The van der Waals surface area contributed by atoms with Gasteiger partial charge >= 0.3 is 0 Å². The van der Waals surface area contributed by atoms with E-state index in [1.165, 1.54) is 0 Å². The molecule has 0 spiro atoms. The number of ether oxygens (including phenoxy) is 1. The van der Waals surface area contributed by atoms with Crippen LogP contribution in [0.15, 0.2) is 53.7 Å². The normalized spacial score (nSPS) is 14.1. The van der Waals surface area contributed by atoms with E-state index in [9.17, 15) is 0 Å². The summed E-state index contributed by atoms with van der Waals surface area (Å²) in [6, 6.07) is 11.8. The number of rotatable bonds is 7. The molecule has 3 aromatic rings.